The topological polar surface area (TPSA) is 74.3 Å². The highest BCUT2D eigenvalue weighted by molar-refractivity contribution is 5.93. The summed E-state index contributed by atoms with van der Waals surface area (Å²) in [7, 11) is 1.43. The summed E-state index contributed by atoms with van der Waals surface area (Å²) in [4.78, 5) is 21.1. The third-order valence-electron chi connectivity index (χ3n) is 5.32. The molecule has 1 fully saturated rings. The number of H-pyrrole nitrogens is 1. The van der Waals surface area contributed by atoms with Crippen LogP contribution in [0.1, 0.15) is 24.2 Å². The number of aromatic nitrogens is 3. The molecule has 4 rings (SSSR count). The summed E-state index contributed by atoms with van der Waals surface area (Å²) in [6, 6.07) is 8.15. The van der Waals surface area contributed by atoms with Crippen LogP contribution in [0, 0.1) is 12.7 Å². The SMILES string of the molecule is COc1cc(C(C)N2CCN(c3ccc(-c4cn[nH]c4)c(C)n3)C2=O)ccc1F. The molecule has 1 unspecified atom stereocenters. The van der Waals surface area contributed by atoms with E-state index in [4.69, 9.17) is 4.74 Å². The largest absolute Gasteiger partial charge is 0.494 e. The van der Waals surface area contributed by atoms with Gasteiger partial charge in [-0.2, -0.15) is 5.10 Å². The minimum Gasteiger partial charge on any atom is -0.494 e. The normalized spacial score (nSPS) is 15.1. The van der Waals surface area contributed by atoms with Crippen molar-refractivity contribution in [1.29, 1.82) is 0 Å². The number of anilines is 1. The lowest BCUT2D eigenvalue weighted by Gasteiger charge is -2.25. The van der Waals surface area contributed by atoms with Crippen molar-refractivity contribution in [3.63, 3.8) is 0 Å². The van der Waals surface area contributed by atoms with E-state index >= 15 is 0 Å². The van der Waals surface area contributed by atoms with Gasteiger partial charge in [-0.3, -0.25) is 10.00 Å². The zero-order chi connectivity index (χ0) is 20.5. The average Bonchev–Trinajstić information content (AvgIpc) is 3.38. The van der Waals surface area contributed by atoms with Gasteiger partial charge in [0, 0.05) is 36.1 Å². The number of benzene rings is 1. The Labute approximate surface area is 168 Å². The Morgan fingerprint density at radius 1 is 1.24 bits per heavy atom. The van der Waals surface area contributed by atoms with E-state index in [2.05, 4.69) is 15.2 Å². The molecule has 0 bridgehead atoms. The Hall–Kier alpha value is -3.42. The molecule has 2 aromatic heterocycles. The van der Waals surface area contributed by atoms with E-state index in [-0.39, 0.29) is 17.8 Å². The lowest BCUT2D eigenvalue weighted by molar-refractivity contribution is 0.205. The highest BCUT2D eigenvalue weighted by Crippen LogP contribution is 2.31. The number of carbonyl (C=O) groups is 1. The molecular weight excluding hydrogens is 373 g/mol. The van der Waals surface area contributed by atoms with Crippen molar-refractivity contribution in [2.75, 3.05) is 25.1 Å². The Morgan fingerprint density at radius 3 is 2.76 bits per heavy atom. The standard InChI is InChI=1S/C21H22FN5O2/c1-13-17(16-11-23-24-12-16)5-7-20(25-13)27-9-8-26(21(27)28)14(2)15-4-6-18(22)19(10-15)29-3/h4-7,10-12,14H,8-9H2,1-3H3,(H,23,24). The molecule has 1 N–H and O–H groups in total. The van der Waals surface area contributed by atoms with Gasteiger partial charge >= 0.3 is 6.03 Å². The summed E-state index contributed by atoms with van der Waals surface area (Å²) in [6.07, 6.45) is 3.55. The summed E-state index contributed by atoms with van der Waals surface area (Å²) >= 11 is 0. The quantitative estimate of drug-likeness (QED) is 0.710. The monoisotopic (exact) mass is 395 g/mol. The summed E-state index contributed by atoms with van der Waals surface area (Å²) in [5.41, 5.74) is 3.57. The second-order valence-electron chi connectivity index (χ2n) is 6.99. The molecule has 29 heavy (non-hydrogen) atoms. The number of halogens is 1. The summed E-state index contributed by atoms with van der Waals surface area (Å²) in [6.45, 7) is 4.94. The molecule has 0 radical (unpaired) electrons. The van der Waals surface area contributed by atoms with Gasteiger partial charge in [0.2, 0.25) is 0 Å². The number of nitrogens with one attached hydrogen (secondary N) is 1. The molecule has 3 heterocycles. The van der Waals surface area contributed by atoms with E-state index in [0.29, 0.717) is 18.9 Å². The van der Waals surface area contributed by atoms with Gasteiger partial charge in [0.25, 0.3) is 0 Å². The number of ether oxygens (including phenoxy) is 1. The van der Waals surface area contributed by atoms with Crippen molar-refractivity contribution in [1.82, 2.24) is 20.1 Å². The van der Waals surface area contributed by atoms with Crippen LogP contribution in [-0.4, -0.2) is 46.3 Å². The zero-order valence-electron chi connectivity index (χ0n) is 16.5. The Balaban J connectivity index is 1.55. The Kier molecular flexibility index (Phi) is 4.92. The van der Waals surface area contributed by atoms with Crippen molar-refractivity contribution in [2.24, 2.45) is 0 Å². The van der Waals surface area contributed by atoms with E-state index in [1.54, 1.807) is 28.1 Å². The van der Waals surface area contributed by atoms with E-state index in [1.807, 2.05) is 32.2 Å². The van der Waals surface area contributed by atoms with Crippen molar-refractivity contribution in [2.45, 2.75) is 19.9 Å². The van der Waals surface area contributed by atoms with E-state index in [1.165, 1.54) is 13.2 Å². The maximum Gasteiger partial charge on any atom is 0.326 e. The second-order valence-corrected chi connectivity index (χ2v) is 6.99. The predicted octanol–water partition coefficient (Wildman–Crippen LogP) is 3.93. The van der Waals surface area contributed by atoms with Crippen molar-refractivity contribution in [3.8, 4) is 16.9 Å². The molecule has 0 spiro atoms. The van der Waals surface area contributed by atoms with Crippen LogP contribution in [0.3, 0.4) is 0 Å². The van der Waals surface area contributed by atoms with Gasteiger partial charge in [-0.1, -0.05) is 6.07 Å². The maximum atomic E-state index is 13.7. The molecule has 0 aliphatic carbocycles. The van der Waals surface area contributed by atoms with Crippen LogP contribution >= 0.6 is 0 Å². The fraction of sp³-hybridized carbons (Fsp3) is 0.286. The number of aryl methyl sites for hydroxylation is 1. The molecule has 1 aromatic carbocycles. The lowest BCUT2D eigenvalue weighted by atomic mass is 10.1. The molecular formula is C21H22FN5O2. The summed E-state index contributed by atoms with van der Waals surface area (Å²) in [5.74, 6) is 0.367. The number of amides is 2. The molecule has 3 aromatic rings. The van der Waals surface area contributed by atoms with Gasteiger partial charge < -0.3 is 9.64 Å². The molecule has 1 saturated heterocycles. The van der Waals surface area contributed by atoms with E-state index < -0.39 is 5.82 Å². The van der Waals surface area contributed by atoms with E-state index in [9.17, 15) is 9.18 Å². The van der Waals surface area contributed by atoms with Crippen LogP contribution in [0.5, 0.6) is 5.75 Å². The van der Waals surface area contributed by atoms with Crippen LogP contribution in [0.4, 0.5) is 15.0 Å². The molecule has 1 aliphatic heterocycles. The highest BCUT2D eigenvalue weighted by Gasteiger charge is 2.34. The van der Waals surface area contributed by atoms with Crippen molar-refractivity contribution < 1.29 is 13.9 Å². The number of aromatic amines is 1. The maximum absolute atomic E-state index is 13.7. The first-order chi connectivity index (χ1) is 14.0. The van der Waals surface area contributed by atoms with Gasteiger partial charge in [-0.05, 0) is 43.7 Å². The number of urea groups is 1. The minimum absolute atomic E-state index is 0.122. The van der Waals surface area contributed by atoms with Crippen LogP contribution in [-0.2, 0) is 0 Å². The molecule has 8 heteroatoms. The molecule has 1 atom stereocenters. The first kappa shape index (κ1) is 18.9. The average molecular weight is 395 g/mol. The fourth-order valence-corrected chi connectivity index (χ4v) is 3.64. The smallest absolute Gasteiger partial charge is 0.326 e. The van der Waals surface area contributed by atoms with Crippen molar-refractivity contribution in [3.05, 3.63) is 59.8 Å². The Morgan fingerprint density at radius 2 is 2.07 bits per heavy atom. The zero-order valence-corrected chi connectivity index (χ0v) is 16.5. The van der Waals surface area contributed by atoms with Crippen molar-refractivity contribution >= 4 is 11.8 Å². The molecule has 2 amide bonds. The number of nitrogens with zero attached hydrogens (tertiary/aromatic N) is 4. The molecule has 0 saturated carbocycles. The number of rotatable bonds is 5. The number of hydrogen-bond donors (Lipinski definition) is 1. The first-order valence-corrected chi connectivity index (χ1v) is 9.38. The molecule has 7 nitrogen and oxygen atoms in total. The van der Waals surface area contributed by atoms with Gasteiger partial charge in [-0.15, -0.1) is 0 Å². The van der Waals surface area contributed by atoms with Gasteiger partial charge in [0.05, 0.1) is 19.3 Å². The Bertz CT molecular complexity index is 1040. The fourth-order valence-electron chi connectivity index (χ4n) is 3.64. The third kappa shape index (κ3) is 3.41. The molecule has 1 aliphatic rings. The van der Waals surface area contributed by atoms with Crippen LogP contribution in [0.15, 0.2) is 42.7 Å². The third-order valence-corrected chi connectivity index (χ3v) is 5.32. The van der Waals surface area contributed by atoms with Gasteiger partial charge in [0.15, 0.2) is 11.6 Å². The number of pyridine rings is 1. The van der Waals surface area contributed by atoms with E-state index in [0.717, 1.165) is 22.4 Å². The number of hydrogen-bond acceptors (Lipinski definition) is 4. The molecule has 150 valence electrons. The number of carbonyl (C=O) groups excluding carboxylic acids is 1. The van der Waals surface area contributed by atoms with Crippen LogP contribution in [0.2, 0.25) is 0 Å². The van der Waals surface area contributed by atoms with Gasteiger partial charge in [-0.25, -0.2) is 14.2 Å². The second kappa shape index (κ2) is 7.54. The first-order valence-electron chi connectivity index (χ1n) is 9.38. The summed E-state index contributed by atoms with van der Waals surface area (Å²) < 4.78 is 18.8. The lowest BCUT2D eigenvalue weighted by Crippen LogP contribution is -2.34. The minimum atomic E-state index is -0.421. The summed E-state index contributed by atoms with van der Waals surface area (Å²) in [5, 5.41) is 6.77. The van der Waals surface area contributed by atoms with Crippen LogP contribution < -0.4 is 9.64 Å². The van der Waals surface area contributed by atoms with Gasteiger partial charge in [0.1, 0.15) is 5.82 Å². The highest BCUT2D eigenvalue weighted by atomic mass is 19.1. The van der Waals surface area contributed by atoms with Crippen LogP contribution in [0.25, 0.3) is 11.1 Å². The number of methoxy groups -OCH3 is 1. The predicted molar refractivity (Wildman–Crippen MR) is 107 cm³/mol.